The van der Waals surface area contributed by atoms with Crippen LogP contribution in [0.1, 0.15) is 12.5 Å². The van der Waals surface area contributed by atoms with Crippen molar-refractivity contribution in [2.45, 2.75) is 6.92 Å². The molecule has 0 heterocycles. The predicted molar refractivity (Wildman–Crippen MR) is 68.0 cm³/mol. The van der Waals surface area contributed by atoms with E-state index in [9.17, 15) is 4.79 Å². The Kier molecular flexibility index (Phi) is 5.49. The summed E-state index contributed by atoms with van der Waals surface area (Å²) in [7, 11) is 1.55. The summed E-state index contributed by atoms with van der Waals surface area (Å²) in [5.41, 5.74) is 1.79. The fraction of sp³-hybridized carbons (Fsp3) is 0.214. The van der Waals surface area contributed by atoms with Gasteiger partial charge in [0.1, 0.15) is 5.75 Å². The highest BCUT2D eigenvalue weighted by Crippen LogP contribution is 2.19. The topological polar surface area (TPSA) is 55.8 Å². The standard InChI is InChI=1S/C14H14O4/c1-11(5-3-8-14(15)16)12-6-4-7-13(9-12)18-10-17-2/h4-7,9H,10H2,1-2H3,(H,15,16)/b11-5-. The van der Waals surface area contributed by atoms with Gasteiger partial charge in [0.2, 0.25) is 0 Å². The molecule has 1 rings (SSSR count). The Morgan fingerprint density at radius 1 is 1.50 bits per heavy atom. The smallest absolute Gasteiger partial charge is 0.382 e. The summed E-state index contributed by atoms with van der Waals surface area (Å²) >= 11 is 0. The number of ether oxygens (including phenoxy) is 2. The zero-order valence-corrected chi connectivity index (χ0v) is 10.3. The lowest BCUT2D eigenvalue weighted by Crippen LogP contribution is -1.98. The molecule has 0 aliphatic rings. The van der Waals surface area contributed by atoms with E-state index in [-0.39, 0.29) is 6.79 Å². The molecule has 0 amide bonds. The van der Waals surface area contributed by atoms with Gasteiger partial charge in [0.05, 0.1) is 0 Å². The van der Waals surface area contributed by atoms with Crippen LogP contribution in [0.15, 0.2) is 30.3 Å². The number of carboxylic acid groups (broad SMARTS) is 1. The molecule has 0 unspecified atom stereocenters. The Hall–Kier alpha value is -2.25. The van der Waals surface area contributed by atoms with Gasteiger partial charge in [-0.1, -0.05) is 18.1 Å². The molecule has 0 aliphatic heterocycles. The first-order valence-electron chi connectivity index (χ1n) is 5.27. The molecule has 0 aliphatic carbocycles. The third-order valence-corrected chi connectivity index (χ3v) is 2.10. The molecule has 1 aromatic carbocycles. The molecule has 94 valence electrons. The number of aliphatic carboxylic acids is 1. The molecule has 1 aromatic rings. The molecular formula is C14H14O4. The Morgan fingerprint density at radius 3 is 2.94 bits per heavy atom. The third kappa shape index (κ3) is 4.73. The average molecular weight is 246 g/mol. The minimum atomic E-state index is -1.14. The molecule has 18 heavy (non-hydrogen) atoms. The average Bonchev–Trinajstić information content (AvgIpc) is 2.36. The number of benzene rings is 1. The summed E-state index contributed by atoms with van der Waals surface area (Å²) in [6, 6.07) is 7.41. The molecule has 0 fully saturated rings. The Labute approximate surface area is 106 Å². The maximum atomic E-state index is 10.3. The molecule has 0 saturated carbocycles. The van der Waals surface area contributed by atoms with E-state index in [4.69, 9.17) is 14.6 Å². The van der Waals surface area contributed by atoms with Crippen molar-refractivity contribution in [3.8, 4) is 17.6 Å². The van der Waals surface area contributed by atoms with E-state index >= 15 is 0 Å². The number of carboxylic acids is 1. The summed E-state index contributed by atoms with van der Waals surface area (Å²) in [4.78, 5) is 10.3. The molecular weight excluding hydrogens is 232 g/mol. The Bertz CT molecular complexity index is 506. The second-order valence-electron chi connectivity index (χ2n) is 3.48. The van der Waals surface area contributed by atoms with Crippen molar-refractivity contribution in [2.24, 2.45) is 0 Å². The molecule has 4 heteroatoms. The summed E-state index contributed by atoms with van der Waals surface area (Å²) in [6.45, 7) is 2.04. The molecule has 0 aromatic heterocycles. The summed E-state index contributed by atoms with van der Waals surface area (Å²) in [6.07, 6.45) is 1.56. The van der Waals surface area contributed by atoms with E-state index in [2.05, 4.69) is 5.92 Å². The van der Waals surface area contributed by atoms with E-state index in [1.165, 1.54) is 0 Å². The number of methoxy groups -OCH3 is 1. The van der Waals surface area contributed by atoms with Gasteiger partial charge in [-0.05, 0) is 36.3 Å². The van der Waals surface area contributed by atoms with Crippen LogP contribution in [-0.2, 0) is 9.53 Å². The van der Waals surface area contributed by atoms with Crippen molar-refractivity contribution in [3.63, 3.8) is 0 Å². The molecule has 0 bridgehead atoms. The van der Waals surface area contributed by atoms with Crippen molar-refractivity contribution in [3.05, 3.63) is 35.9 Å². The molecule has 4 nitrogen and oxygen atoms in total. The lowest BCUT2D eigenvalue weighted by Gasteiger charge is -2.06. The Balaban J connectivity index is 2.83. The minimum Gasteiger partial charge on any atom is -0.472 e. The number of rotatable bonds is 4. The normalized spacial score (nSPS) is 10.4. The lowest BCUT2D eigenvalue weighted by molar-refractivity contribution is -0.130. The van der Waals surface area contributed by atoms with Crippen molar-refractivity contribution in [1.82, 2.24) is 0 Å². The third-order valence-electron chi connectivity index (χ3n) is 2.10. The number of hydrogen-bond donors (Lipinski definition) is 1. The van der Waals surface area contributed by atoms with Crippen LogP contribution < -0.4 is 4.74 Å². The highest BCUT2D eigenvalue weighted by molar-refractivity contribution is 5.87. The van der Waals surface area contributed by atoms with Crippen LogP contribution in [0.25, 0.3) is 5.57 Å². The zero-order chi connectivity index (χ0) is 13.4. The van der Waals surface area contributed by atoms with Gasteiger partial charge in [0.25, 0.3) is 0 Å². The maximum Gasteiger partial charge on any atom is 0.382 e. The summed E-state index contributed by atoms with van der Waals surface area (Å²) < 4.78 is 10.1. The second kappa shape index (κ2) is 7.15. The minimum absolute atomic E-state index is 0.186. The van der Waals surface area contributed by atoms with E-state index in [1.807, 2.05) is 37.1 Å². The van der Waals surface area contributed by atoms with Crippen LogP contribution in [0, 0.1) is 11.8 Å². The number of hydrogen-bond acceptors (Lipinski definition) is 3. The molecule has 0 radical (unpaired) electrons. The van der Waals surface area contributed by atoms with Gasteiger partial charge < -0.3 is 14.6 Å². The van der Waals surface area contributed by atoms with Crippen molar-refractivity contribution in [2.75, 3.05) is 13.9 Å². The lowest BCUT2D eigenvalue weighted by atomic mass is 10.1. The fourth-order valence-corrected chi connectivity index (χ4v) is 1.25. The summed E-state index contributed by atoms with van der Waals surface area (Å²) in [5, 5.41) is 8.40. The highest BCUT2D eigenvalue weighted by Gasteiger charge is 1.98. The molecule has 1 N–H and O–H groups in total. The van der Waals surface area contributed by atoms with E-state index in [0.29, 0.717) is 5.75 Å². The maximum absolute atomic E-state index is 10.3. The quantitative estimate of drug-likeness (QED) is 0.653. The monoisotopic (exact) mass is 246 g/mol. The SMILES string of the molecule is COCOc1cccc(/C(C)=C\C#CC(=O)O)c1. The summed E-state index contributed by atoms with van der Waals surface area (Å²) in [5.74, 6) is 4.05. The van der Waals surface area contributed by atoms with Crippen LogP contribution in [0.4, 0.5) is 0 Å². The zero-order valence-electron chi connectivity index (χ0n) is 10.3. The molecule has 0 atom stereocenters. The van der Waals surface area contributed by atoms with Gasteiger partial charge in [-0.2, -0.15) is 0 Å². The van der Waals surface area contributed by atoms with Crippen molar-refractivity contribution in [1.29, 1.82) is 0 Å². The first-order valence-corrected chi connectivity index (χ1v) is 5.27. The number of carbonyl (C=O) groups is 1. The first-order chi connectivity index (χ1) is 8.63. The van der Waals surface area contributed by atoms with Crippen molar-refractivity contribution < 1.29 is 19.4 Å². The molecule has 0 spiro atoms. The fourth-order valence-electron chi connectivity index (χ4n) is 1.25. The van der Waals surface area contributed by atoms with E-state index in [0.717, 1.165) is 11.1 Å². The van der Waals surface area contributed by atoms with E-state index in [1.54, 1.807) is 13.2 Å². The van der Waals surface area contributed by atoms with Gasteiger partial charge in [-0.25, -0.2) is 4.79 Å². The van der Waals surface area contributed by atoms with Gasteiger partial charge in [0, 0.05) is 13.0 Å². The van der Waals surface area contributed by atoms with Crippen molar-refractivity contribution >= 4 is 11.5 Å². The predicted octanol–water partition coefficient (Wildman–Crippen LogP) is 2.16. The van der Waals surface area contributed by atoms with Gasteiger partial charge >= 0.3 is 5.97 Å². The number of allylic oxidation sites excluding steroid dienone is 2. The molecule has 0 saturated heterocycles. The van der Waals surface area contributed by atoms with Crippen LogP contribution in [0.2, 0.25) is 0 Å². The Morgan fingerprint density at radius 2 is 2.28 bits per heavy atom. The van der Waals surface area contributed by atoms with Crippen LogP contribution >= 0.6 is 0 Å². The van der Waals surface area contributed by atoms with Gasteiger partial charge in [0.15, 0.2) is 6.79 Å². The first kappa shape index (κ1) is 13.8. The largest absolute Gasteiger partial charge is 0.472 e. The van der Waals surface area contributed by atoms with Gasteiger partial charge in [-0.15, -0.1) is 0 Å². The van der Waals surface area contributed by atoms with Crippen LogP contribution in [0.5, 0.6) is 5.75 Å². The highest BCUT2D eigenvalue weighted by atomic mass is 16.7. The van der Waals surface area contributed by atoms with E-state index < -0.39 is 5.97 Å². The van der Waals surface area contributed by atoms with Gasteiger partial charge in [-0.3, -0.25) is 0 Å². The van der Waals surface area contributed by atoms with Crippen LogP contribution in [0.3, 0.4) is 0 Å². The second-order valence-corrected chi connectivity index (χ2v) is 3.48. The van der Waals surface area contributed by atoms with Crippen LogP contribution in [-0.4, -0.2) is 25.0 Å².